The molecule has 0 atom stereocenters. The molecule has 1 fully saturated rings. The maximum absolute atomic E-state index is 13.5. The summed E-state index contributed by atoms with van der Waals surface area (Å²) in [6.07, 6.45) is 1.43. The van der Waals surface area contributed by atoms with Gasteiger partial charge in [0.2, 0.25) is 11.8 Å². The molecule has 5 rings (SSSR count). The smallest absolute Gasteiger partial charge is 0.262 e. The van der Waals surface area contributed by atoms with Gasteiger partial charge in [0, 0.05) is 49.4 Å². The number of nitrogens with one attached hydrogen (secondary N) is 2. The predicted molar refractivity (Wildman–Crippen MR) is 168 cm³/mol. The predicted octanol–water partition coefficient (Wildman–Crippen LogP) is 6.42. The van der Waals surface area contributed by atoms with Gasteiger partial charge < -0.3 is 29.9 Å². The Morgan fingerprint density at radius 3 is 2.21 bits per heavy atom. The number of ether oxygens (including phenoxy) is 2. The summed E-state index contributed by atoms with van der Waals surface area (Å²) in [5.74, 6) is 1.07. The van der Waals surface area contributed by atoms with E-state index in [1.54, 1.807) is 6.07 Å². The van der Waals surface area contributed by atoms with E-state index in [1.807, 2.05) is 76.2 Å². The molecular weight excluding hydrogens is 528 g/mol. The van der Waals surface area contributed by atoms with Crippen LogP contribution in [0.3, 0.4) is 0 Å². The molecule has 0 aliphatic carbocycles. The fraction of sp³-hybridized carbons (Fsp3) is 0.303. The number of carbonyl (C=O) groups is 1. The number of hydrogen-bond acceptors (Lipinski definition) is 8. The van der Waals surface area contributed by atoms with Gasteiger partial charge in [0.15, 0.2) is 11.5 Å². The van der Waals surface area contributed by atoms with Crippen molar-refractivity contribution in [3.63, 3.8) is 0 Å². The van der Waals surface area contributed by atoms with Crippen molar-refractivity contribution >= 4 is 28.9 Å². The molecule has 1 aliphatic heterocycles. The minimum atomic E-state index is -0.368. The summed E-state index contributed by atoms with van der Waals surface area (Å²) < 4.78 is 12.2. The van der Waals surface area contributed by atoms with Crippen LogP contribution in [0.25, 0.3) is 0 Å². The van der Waals surface area contributed by atoms with Gasteiger partial charge >= 0.3 is 0 Å². The van der Waals surface area contributed by atoms with Gasteiger partial charge in [-0.3, -0.25) is 4.79 Å². The Hall–Kier alpha value is -4.63. The highest BCUT2D eigenvalue weighted by Crippen LogP contribution is 2.34. The van der Waals surface area contributed by atoms with Gasteiger partial charge in [-0.25, -0.2) is 4.98 Å². The molecule has 0 unspecified atom stereocenters. The van der Waals surface area contributed by atoms with Gasteiger partial charge in [0.1, 0.15) is 5.56 Å². The summed E-state index contributed by atoms with van der Waals surface area (Å²) in [4.78, 5) is 27.4. The Morgan fingerprint density at radius 2 is 1.55 bits per heavy atom. The molecule has 1 amide bonds. The fourth-order valence-corrected chi connectivity index (χ4v) is 4.79. The number of anilines is 4. The number of rotatable bonds is 9. The van der Waals surface area contributed by atoms with Crippen LogP contribution in [0.4, 0.5) is 23.0 Å². The van der Waals surface area contributed by atoms with E-state index in [0.717, 1.165) is 48.7 Å². The van der Waals surface area contributed by atoms with Gasteiger partial charge in [-0.2, -0.15) is 4.98 Å². The molecule has 0 bridgehead atoms. The zero-order valence-electron chi connectivity index (χ0n) is 24.8. The van der Waals surface area contributed by atoms with Gasteiger partial charge in [0.25, 0.3) is 5.91 Å². The minimum absolute atomic E-state index is 0.0574. The molecule has 1 saturated heterocycles. The SMILES string of the molecule is Cc1cccc(C)c1NC(=O)c1cnc(Nc2ccc(N3CCN(C)CC3)cc2)nc1Oc1ccccc1OC(C)C. The van der Waals surface area contributed by atoms with Crippen molar-refractivity contribution in [2.45, 2.75) is 33.8 Å². The largest absolute Gasteiger partial charge is 0.487 e. The van der Waals surface area contributed by atoms with E-state index < -0.39 is 0 Å². The zero-order valence-corrected chi connectivity index (χ0v) is 24.8. The summed E-state index contributed by atoms with van der Waals surface area (Å²) in [6.45, 7) is 11.9. The standard InChI is InChI=1S/C33H38N6O3/c1-22(2)41-28-11-6-7-12-29(28)42-32-27(31(40)36-30-23(3)9-8-10-24(30)4)21-34-33(37-32)35-25-13-15-26(16-14-25)39-19-17-38(5)18-20-39/h6-16,21-22H,17-20H2,1-5H3,(H,36,40)(H,34,35,37). The second-order valence-corrected chi connectivity index (χ2v) is 10.8. The van der Waals surface area contributed by atoms with E-state index in [1.165, 1.54) is 11.9 Å². The van der Waals surface area contributed by atoms with Crippen LogP contribution in [0, 0.1) is 13.8 Å². The highest BCUT2D eigenvalue weighted by atomic mass is 16.5. The first-order valence-electron chi connectivity index (χ1n) is 14.3. The molecule has 1 aromatic heterocycles. The third-order valence-corrected chi connectivity index (χ3v) is 7.13. The molecule has 0 spiro atoms. The molecule has 3 aromatic carbocycles. The quantitative estimate of drug-likeness (QED) is 0.240. The highest BCUT2D eigenvalue weighted by Gasteiger charge is 2.21. The van der Waals surface area contributed by atoms with E-state index in [9.17, 15) is 4.79 Å². The monoisotopic (exact) mass is 566 g/mol. The van der Waals surface area contributed by atoms with Crippen LogP contribution in [-0.4, -0.2) is 60.1 Å². The van der Waals surface area contributed by atoms with Crippen molar-refractivity contribution in [2.75, 3.05) is 48.8 Å². The summed E-state index contributed by atoms with van der Waals surface area (Å²) in [5.41, 5.74) is 4.88. The van der Waals surface area contributed by atoms with E-state index in [2.05, 4.69) is 49.6 Å². The van der Waals surface area contributed by atoms with Crippen molar-refractivity contribution in [2.24, 2.45) is 0 Å². The van der Waals surface area contributed by atoms with Crippen LogP contribution >= 0.6 is 0 Å². The summed E-state index contributed by atoms with van der Waals surface area (Å²) in [5, 5.41) is 6.28. The lowest BCUT2D eigenvalue weighted by atomic mass is 10.1. The first kappa shape index (κ1) is 28.9. The number of aryl methyl sites for hydroxylation is 2. The Labute approximate surface area is 247 Å². The lowest BCUT2D eigenvalue weighted by Gasteiger charge is -2.34. The van der Waals surface area contributed by atoms with Crippen molar-refractivity contribution < 1.29 is 14.3 Å². The number of carbonyl (C=O) groups excluding carboxylic acids is 1. The molecule has 1 aliphatic rings. The zero-order chi connectivity index (χ0) is 29.6. The molecule has 42 heavy (non-hydrogen) atoms. The van der Waals surface area contributed by atoms with E-state index >= 15 is 0 Å². The molecule has 4 aromatic rings. The molecule has 0 radical (unpaired) electrons. The van der Waals surface area contributed by atoms with Gasteiger partial charge in [-0.05, 0) is 82.3 Å². The first-order chi connectivity index (χ1) is 20.3. The van der Waals surface area contributed by atoms with Crippen LogP contribution < -0.4 is 25.0 Å². The van der Waals surface area contributed by atoms with Gasteiger partial charge in [-0.15, -0.1) is 0 Å². The van der Waals surface area contributed by atoms with E-state index in [4.69, 9.17) is 9.47 Å². The summed E-state index contributed by atoms with van der Waals surface area (Å²) >= 11 is 0. The maximum Gasteiger partial charge on any atom is 0.262 e. The molecule has 9 nitrogen and oxygen atoms in total. The second-order valence-electron chi connectivity index (χ2n) is 10.8. The molecule has 2 N–H and O–H groups in total. The number of hydrogen-bond donors (Lipinski definition) is 2. The number of amides is 1. The van der Waals surface area contributed by atoms with E-state index in [-0.39, 0.29) is 23.5 Å². The Balaban J connectivity index is 1.42. The second kappa shape index (κ2) is 12.9. The highest BCUT2D eigenvalue weighted by molar-refractivity contribution is 6.06. The summed E-state index contributed by atoms with van der Waals surface area (Å²) in [7, 11) is 2.15. The van der Waals surface area contributed by atoms with Crippen molar-refractivity contribution in [1.82, 2.24) is 14.9 Å². The Kier molecular flexibility index (Phi) is 8.88. The van der Waals surface area contributed by atoms with Gasteiger partial charge in [-0.1, -0.05) is 30.3 Å². The van der Waals surface area contributed by atoms with Crippen LogP contribution in [0.1, 0.15) is 35.3 Å². The van der Waals surface area contributed by atoms with Crippen molar-refractivity contribution in [3.8, 4) is 17.4 Å². The third kappa shape index (κ3) is 6.98. The van der Waals surface area contributed by atoms with Crippen molar-refractivity contribution in [3.05, 3.63) is 89.6 Å². The third-order valence-electron chi connectivity index (χ3n) is 7.13. The Morgan fingerprint density at radius 1 is 0.881 bits per heavy atom. The number of aromatic nitrogens is 2. The number of benzene rings is 3. The van der Waals surface area contributed by atoms with Crippen LogP contribution in [-0.2, 0) is 0 Å². The molecule has 9 heteroatoms. The van der Waals surface area contributed by atoms with Gasteiger partial charge in [0.05, 0.1) is 6.10 Å². The first-order valence-corrected chi connectivity index (χ1v) is 14.3. The molecule has 218 valence electrons. The molecular formula is C33H38N6O3. The normalized spacial score (nSPS) is 13.6. The fourth-order valence-electron chi connectivity index (χ4n) is 4.79. The van der Waals surface area contributed by atoms with Crippen LogP contribution in [0.15, 0.2) is 72.9 Å². The van der Waals surface area contributed by atoms with Crippen LogP contribution in [0.5, 0.6) is 17.4 Å². The Bertz CT molecular complexity index is 1510. The molecule has 0 saturated carbocycles. The molecule has 2 heterocycles. The van der Waals surface area contributed by atoms with Crippen molar-refractivity contribution in [1.29, 1.82) is 0 Å². The number of piperazine rings is 1. The topological polar surface area (TPSA) is 91.9 Å². The average Bonchev–Trinajstić information content (AvgIpc) is 2.97. The summed E-state index contributed by atoms with van der Waals surface area (Å²) in [6, 6.07) is 21.4. The number of likely N-dealkylation sites (N-methyl/N-ethyl adjacent to an activating group) is 1. The number of nitrogens with zero attached hydrogens (tertiary/aromatic N) is 4. The van der Waals surface area contributed by atoms with Crippen LogP contribution in [0.2, 0.25) is 0 Å². The number of para-hydroxylation sites is 3. The minimum Gasteiger partial charge on any atom is -0.487 e. The maximum atomic E-state index is 13.5. The van der Waals surface area contributed by atoms with E-state index in [0.29, 0.717) is 17.4 Å². The average molecular weight is 567 g/mol. The lowest BCUT2D eigenvalue weighted by molar-refractivity contribution is 0.102. The lowest BCUT2D eigenvalue weighted by Crippen LogP contribution is -2.44.